The number of anilines is 2. The van der Waals surface area contributed by atoms with Gasteiger partial charge in [-0.1, -0.05) is 37.7 Å². The Kier molecular flexibility index (Phi) is 8.08. The van der Waals surface area contributed by atoms with E-state index in [9.17, 15) is 4.79 Å². The van der Waals surface area contributed by atoms with Crippen molar-refractivity contribution in [3.05, 3.63) is 59.7 Å². The first kappa shape index (κ1) is 24.1. The second kappa shape index (κ2) is 11.4. The van der Waals surface area contributed by atoms with Gasteiger partial charge >= 0.3 is 0 Å². The predicted octanol–water partition coefficient (Wildman–Crippen LogP) is 4.32. The van der Waals surface area contributed by atoms with Crippen LogP contribution in [0.25, 0.3) is 0 Å². The van der Waals surface area contributed by atoms with E-state index in [4.69, 9.17) is 9.47 Å². The molecule has 2 aromatic carbocycles. The minimum atomic E-state index is -0.142. The number of hydrogen-bond donors (Lipinski definition) is 1. The molecule has 1 fully saturated rings. The fourth-order valence-electron chi connectivity index (χ4n) is 3.69. The molecule has 180 valence electrons. The third-order valence-corrected chi connectivity index (χ3v) is 6.51. The largest absolute Gasteiger partial charge is 0.497 e. The van der Waals surface area contributed by atoms with Crippen LogP contribution in [0, 0.1) is 5.92 Å². The Balaban J connectivity index is 1.38. The molecule has 3 aromatic rings. The van der Waals surface area contributed by atoms with E-state index in [0.29, 0.717) is 11.5 Å². The van der Waals surface area contributed by atoms with Gasteiger partial charge in [0.2, 0.25) is 5.95 Å². The highest BCUT2D eigenvalue weighted by molar-refractivity contribution is 7.98. The zero-order valence-electron chi connectivity index (χ0n) is 19.9. The average molecular weight is 482 g/mol. The molecule has 1 saturated heterocycles. The summed E-state index contributed by atoms with van der Waals surface area (Å²) in [5, 5.41) is 12.8. The topological polar surface area (TPSA) is 81.5 Å². The summed E-state index contributed by atoms with van der Waals surface area (Å²) in [5.74, 6) is 2.76. The van der Waals surface area contributed by atoms with Gasteiger partial charge in [0, 0.05) is 36.6 Å². The van der Waals surface area contributed by atoms with Gasteiger partial charge in [0.15, 0.2) is 5.16 Å². The Morgan fingerprint density at radius 2 is 1.79 bits per heavy atom. The van der Waals surface area contributed by atoms with E-state index in [0.717, 1.165) is 66.7 Å². The van der Waals surface area contributed by atoms with Crippen LogP contribution in [0.4, 0.5) is 11.6 Å². The molecule has 1 aliphatic rings. The van der Waals surface area contributed by atoms with Crippen LogP contribution < -0.4 is 15.0 Å². The minimum Gasteiger partial charge on any atom is -0.497 e. The number of hydrogen-bond acceptors (Lipinski definition) is 7. The number of benzene rings is 2. The molecule has 1 aromatic heterocycles. The van der Waals surface area contributed by atoms with Crippen LogP contribution in [0.5, 0.6) is 5.75 Å². The Bertz CT molecular complexity index is 1080. The monoisotopic (exact) mass is 481 g/mol. The summed E-state index contributed by atoms with van der Waals surface area (Å²) < 4.78 is 12.9. The Morgan fingerprint density at radius 3 is 2.44 bits per heavy atom. The fourth-order valence-corrected chi connectivity index (χ4v) is 4.59. The lowest BCUT2D eigenvalue weighted by atomic mass is 10.1. The summed E-state index contributed by atoms with van der Waals surface area (Å²) in [6.07, 6.45) is 0. The number of aromatic nitrogens is 3. The molecule has 1 N–H and O–H groups in total. The third kappa shape index (κ3) is 6.09. The van der Waals surface area contributed by atoms with Gasteiger partial charge < -0.3 is 19.7 Å². The van der Waals surface area contributed by atoms with Crippen molar-refractivity contribution in [2.75, 3.05) is 43.6 Å². The Morgan fingerprint density at radius 1 is 1.09 bits per heavy atom. The van der Waals surface area contributed by atoms with Gasteiger partial charge in [-0.05, 0) is 47.9 Å². The van der Waals surface area contributed by atoms with E-state index >= 15 is 0 Å². The number of ether oxygens (including phenoxy) is 2. The normalized spacial score (nSPS) is 13.8. The molecular weight excluding hydrogens is 450 g/mol. The van der Waals surface area contributed by atoms with Crippen LogP contribution in [0.3, 0.4) is 0 Å². The number of nitrogens with zero attached hydrogens (tertiary/aromatic N) is 4. The van der Waals surface area contributed by atoms with Crippen molar-refractivity contribution >= 4 is 29.3 Å². The lowest BCUT2D eigenvalue weighted by Gasteiger charge is -2.28. The van der Waals surface area contributed by atoms with Gasteiger partial charge in [0.05, 0.1) is 20.3 Å². The smallest absolute Gasteiger partial charge is 0.255 e. The average Bonchev–Trinajstić information content (AvgIpc) is 3.25. The molecule has 0 bridgehead atoms. The van der Waals surface area contributed by atoms with Crippen molar-refractivity contribution in [2.24, 2.45) is 5.92 Å². The summed E-state index contributed by atoms with van der Waals surface area (Å²) in [4.78, 5) is 14.8. The van der Waals surface area contributed by atoms with Gasteiger partial charge in [-0.15, -0.1) is 10.2 Å². The number of rotatable bonds is 9. The summed E-state index contributed by atoms with van der Waals surface area (Å²) in [5.41, 5.74) is 2.46. The minimum absolute atomic E-state index is 0.142. The summed E-state index contributed by atoms with van der Waals surface area (Å²) in [6.45, 7) is 8.37. The maximum atomic E-state index is 12.6. The van der Waals surface area contributed by atoms with Crippen LogP contribution in [0.1, 0.15) is 29.8 Å². The van der Waals surface area contributed by atoms with Crippen molar-refractivity contribution in [3.63, 3.8) is 0 Å². The summed E-state index contributed by atoms with van der Waals surface area (Å²) >= 11 is 1.67. The molecule has 0 unspecified atom stereocenters. The first-order chi connectivity index (χ1) is 16.5. The molecule has 8 nitrogen and oxygen atoms in total. The summed E-state index contributed by atoms with van der Waals surface area (Å²) in [6, 6.07) is 15.0. The van der Waals surface area contributed by atoms with Gasteiger partial charge in [-0.2, -0.15) is 0 Å². The Hall–Kier alpha value is -3.04. The number of nitrogens with one attached hydrogen (secondary N) is 1. The lowest BCUT2D eigenvalue weighted by Crippen LogP contribution is -2.38. The molecule has 0 spiro atoms. The van der Waals surface area contributed by atoms with Crippen molar-refractivity contribution in [1.29, 1.82) is 0 Å². The second-order valence-electron chi connectivity index (χ2n) is 8.55. The van der Waals surface area contributed by atoms with Crippen LogP contribution in [-0.4, -0.2) is 54.1 Å². The highest BCUT2D eigenvalue weighted by Gasteiger charge is 2.21. The number of carbonyl (C=O) groups excluding carboxylic acids is 1. The maximum Gasteiger partial charge on any atom is 0.255 e. The van der Waals surface area contributed by atoms with Crippen LogP contribution in [-0.2, 0) is 17.0 Å². The van der Waals surface area contributed by atoms with Crippen molar-refractivity contribution in [1.82, 2.24) is 14.8 Å². The highest BCUT2D eigenvalue weighted by atomic mass is 32.2. The Labute approximate surface area is 204 Å². The number of thioether (sulfide) groups is 1. The van der Waals surface area contributed by atoms with Gasteiger partial charge in [0.25, 0.3) is 5.91 Å². The predicted molar refractivity (Wildman–Crippen MR) is 135 cm³/mol. The molecule has 0 atom stereocenters. The number of amides is 1. The van der Waals surface area contributed by atoms with E-state index in [-0.39, 0.29) is 5.91 Å². The second-order valence-corrected chi connectivity index (χ2v) is 9.50. The zero-order chi connectivity index (χ0) is 23.9. The number of methoxy groups -OCH3 is 1. The molecule has 2 heterocycles. The molecule has 1 amide bonds. The van der Waals surface area contributed by atoms with Crippen molar-refractivity contribution in [2.45, 2.75) is 31.3 Å². The fraction of sp³-hybridized carbons (Fsp3) is 0.400. The zero-order valence-corrected chi connectivity index (χ0v) is 20.7. The molecule has 0 radical (unpaired) electrons. The SMILES string of the molecule is COc1ccc(NC(=O)c2ccc(CSc3nnc(N4CCOCC4)n3CC(C)C)cc2)cc1. The molecule has 34 heavy (non-hydrogen) atoms. The lowest BCUT2D eigenvalue weighted by molar-refractivity contribution is 0.102. The molecule has 1 aliphatic heterocycles. The third-order valence-electron chi connectivity index (χ3n) is 5.47. The summed E-state index contributed by atoms with van der Waals surface area (Å²) in [7, 11) is 1.62. The van der Waals surface area contributed by atoms with Crippen molar-refractivity contribution in [3.8, 4) is 5.75 Å². The van der Waals surface area contributed by atoms with Gasteiger partial charge in [-0.25, -0.2) is 0 Å². The van der Waals surface area contributed by atoms with Crippen molar-refractivity contribution < 1.29 is 14.3 Å². The highest BCUT2D eigenvalue weighted by Crippen LogP contribution is 2.27. The van der Waals surface area contributed by atoms with E-state index in [1.165, 1.54) is 0 Å². The van der Waals surface area contributed by atoms with Crippen LogP contribution >= 0.6 is 11.8 Å². The van der Waals surface area contributed by atoms with Crippen LogP contribution in [0.2, 0.25) is 0 Å². The van der Waals surface area contributed by atoms with E-state index in [1.54, 1.807) is 18.9 Å². The molecular formula is C25H31N5O3S. The number of carbonyl (C=O) groups is 1. The van der Waals surface area contributed by atoms with Gasteiger partial charge in [0.1, 0.15) is 5.75 Å². The molecule has 9 heteroatoms. The maximum absolute atomic E-state index is 12.6. The quantitative estimate of drug-likeness (QED) is 0.456. The molecule has 0 aliphatic carbocycles. The number of morpholine rings is 1. The standard InChI is InChI=1S/C25H31N5O3S/c1-18(2)16-30-24(29-12-14-33-15-13-29)27-28-25(30)34-17-19-4-6-20(7-5-19)23(31)26-21-8-10-22(32-3)11-9-21/h4-11,18H,12-17H2,1-3H3,(H,26,31). The van der Waals surface area contributed by atoms with Crippen LogP contribution in [0.15, 0.2) is 53.7 Å². The van der Waals surface area contributed by atoms with E-state index in [2.05, 4.69) is 38.8 Å². The molecule has 4 rings (SSSR count). The first-order valence-corrected chi connectivity index (χ1v) is 12.4. The first-order valence-electron chi connectivity index (χ1n) is 11.5. The molecule has 0 saturated carbocycles. The van der Waals surface area contributed by atoms with E-state index in [1.807, 2.05) is 48.5 Å². The van der Waals surface area contributed by atoms with Gasteiger partial charge in [-0.3, -0.25) is 9.36 Å². The van der Waals surface area contributed by atoms with E-state index < -0.39 is 0 Å².